The second-order valence-electron chi connectivity index (χ2n) is 5.30. The van der Waals surface area contributed by atoms with Crippen molar-refractivity contribution in [3.05, 3.63) is 29.6 Å². The van der Waals surface area contributed by atoms with E-state index in [2.05, 4.69) is 10.6 Å². The predicted octanol–water partition coefficient (Wildman–Crippen LogP) is 2.24. The summed E-state index contributed by atoms with van der Waals surface area (Å²) in [6, 6.07) is 3.55. The van der Waals surface area contributed by atoms with E-state index in [1.54, 1.807) is 0 Å². The van der Waals surface area contributed by atoms with Crippen LogP contribution < -0.4 is 10.6 Å². The Kier molecular flexibility index (Phi) is 5.27. The molecule has 0 bridgehead atoms. The van der Waals surface area contributed by atoms with Crippen molar-refractivity contribution in [3.63, 3.8) is 0 Å². The second kappa shape index (κ2) is 7.17. The third-order valence-electron chi connectivity index (χ3n) is 3.66. The molecule has 0 spiro atoms. The number of amides is 1. The first-order valence-corrected chi connectivity index (χ1v) is 7.09. The van der Waals surface area contributed by atoms with Crippen LogP contribution in [0, 0.1) is 11.7 Å². The van der Waals surface area contributed by atoms with Crippen LogP contribution in [-0.4, -0.2) is 30.1 Å². The summed E-state index contributed by atoms with van der Waals surface area (Å²) in [4.78, 5) is 22.7. The van der Waals surface area contributed by atoms with Crippen molar-refractivity contribution in [3.8, 4) is 0 Å². The number of carboxylic acid groups (broad SMARTS) is 1. The summed E-state index contributed by atoms with van der Waals surface area (Å²) in [5, 5.41) is 14.7. The van der Waals surface area contributed by atoms with Crippen molar-refractivity contribution < 1.29 is 19.1 Å². The molecule has 1 unspecified atom stereocenters. The van der Waals surface area contributed by atoms with Crippen LogP contribution in [0.5, 0.6) is 0 Å². The van der Waals surface area contributed by atoms with Crippen LogP contribution in [0.4, 0.5) is 10.1 Å². The lowest BCUT2D eigenvalue weighted by Gasteiger charge is -2.22. The van der Waals surface area contributed by atoms with Gasteiger partial charge < -0.3 is 15.7 Å². The highest BCUT2D eigenvalue weighted by molar-refractivity contribution is 5.94. The fourth-order valence-electron chi connectivity index (χ4n) is 2.50. The lowest BCUT2D eigenvalue weighted by atomic mass is 9.94. The first-order valence-electron chi connectivity index (χ1n) is 7.09. The Balaban J connectivity index is 1.87. The van der Waals surface area contributed by atoms with Gasteiger partial charge in [-0.15, -0.1) is 0 Å². The molecule has 1 fully saturated rings. The minimum absolute atomic E-state index is 0.177. The molecule has 0 radical (unpaired) electrons. The molecule has 1 aromatic rings. The maximum absolute atomic E-state index is 13.2. The Labute approximate surface area is 122 Å². The predicted molar refractivity (Wildman–Crippen MR) is 76.8 cm³/mol. The monoisotopic (exact) mass is 294 g/mol. The molecular weight excluding hydrogens is 275 g/mol. The molecule has 5 nitrogen and oxygen atoms in total. The zero-order chi connectivity index (χ0) is 15.2. The molecule has 1 heterocycles. The van der Waals surface area contributed by atoms with Gasteiger partial charge in [0.25, 0.3) is 0 Å². The van der Waals surface area contributed by atoms with Crippen LogP contribution in [-0.2, 0) is 4.79 Å². The standard InChI is InChI=1S/C15H19FN2O3/c16-13-5-4-11(8-12(13)15(20)21)18-14(19)6-3-10-2-1-7-17-9-10/h4-5,8,10,17H,1-3,6-7,9H2,(H,18,19)(H,20,21). The average molecular weight is 294 g/mol. The van der Waals surface area contributed by atoms with Crippen LogP contribution in [0.1, 0.15) is 36.0 Å². The van der Waals surface area contributed by atoms with Crippen LogP contribution in [0.25, 0.3) is 0 Å². The molecule has 1 aromatic carbocycles. The number of carbonyl (C=O) groups excluding carboxylic acids is 1. The number of hydrogen-bond donors (Lipinski definition) is 3. The fraction of sp³-hybridized carbons (Fsp3) is 0.467. The highest BCUT2D eigenvalue weighted by Gasteiger charge is 2.15. The van der Waals surface area contributed by atoms with E-state index in [1.165, 1.54) is 6.07 Å². The third kappa shape index (κ3) is 4.53. The van der Waals surface area contributed by atoms with E-state index in [9.17, 15) is 14.0 Å². The van der Waals surface area contributed by atoms with Gasteiger partial charge in [-0.05, 0) is 56.5 Å². The first kappa shape index (κ1) is 15.4. The smallest absolute Gasteiger partial charge is 0.338 e. The van der Waals surface area contributed by atoms with E-state index in [0.717, 1.165) is 44.5 Å². The van der Waals surface area contributed by atoms with E-state index in [-0.39, 0.29) is 5.91 Å². The van der Waals surface area contributed by atoms with Crippen molar-refractivity contribution in [1.29, 1.82) is 0 Å². The Morgan fingerprint density at radius 2 is 2.24 bits per heavy atom. The number of carbonyl (C=O) groups is 2. The molecule has 0 aliphatic carbocycles. The number of aromatic carboxylic acids is 1. The minimum Gasteiger partial charge on any atom is -0.478 e. The van der Waals surface area contributed by atoms with E-state index >= 15 is 0 Å². The molecule has 1 saturated heterocycles. The van der Waals surface area contributed by atoms with E-state index < -0.39 is 17.3 Å². The zero-order valence-electron chi connectivity index (χ0n) is 11.7. The zero-order valence-corrected chi connectivity index (χ0v) is 11.7. The van der Waals surface area contributed by atoms with Crippen LogP contribution >= 0.6 is 0 Å². The summed E-state index contributed by atoms with van der Waals surface area (Å²) < 4.78 is 13.2. The molecule has 114 valence electrons. The van der Waals surface area contributed by atoms with E-state index in [4.69, 9.17) is 5.11 Å². The normalized spacial score (nSPS) is 18.2. The number of nitrogens with one attached hydrogen (secondary N) is 2. The first-order chi connectivity index (χ1) is 10.1. The second-order valence-corrected chi connectivity index (χ2v) is 5.30. The van der Waals surface area contributed by atoms with Gasteiger partial charge in [-0.3, -0.25) is 4.79 Å². The largest absolute Gasteiger partial charge is 0.478 e. The minimum atomic E-state index is -1.35. The van der Waals surface area contributed by atoms with Gasteiger partial charge in [0.05, 0.1) is 5.56 Å². The van der Waals surface area contributed by atoms with Crippen LogP contribution in [0.3, 0.4) is 0 Å². The highest BCUT2D eigenvalue weighted by Crippen LogP contribution is 2.18. The quantitative estimate of drug-likeness (QED) is 0.778. The molecule has 3 N–H and O–H groups in total. The van der Waals surface area contributed by atoms with Crippen LogP contribution in [0.2, 0.25) is 0 Å². The molecular formula is C15H19FN2O3. The fourth-order valence-corrected chi connectivity index (χ4v) is 2.50. The van der Waals surface area contributed by atoms with Gasteiger partial charge in [-0.2, -0.15) is 0 Å². The van der Waals surface area contributed by atoms with Gasteiger partial charge >= 0.3 is 5.97 Å². The lowest BCUT2D eigenvalue weighted by Crippen LogP contribution is -2.30. The van der Waals surface area contributed by atoms with Crippen LogP contribution in [0.15, 0.2) is 18.2 Å². The van der Waals surface area contributed by atoms with Crippen molar-refractivity contribution in [2.24, 2.45) is 5.92 Å². The number of carboxylic acids is 1. The molecule has 1 aliphatic heterocycles. The number of rotatable bonds is 5. The maximum Gasteiger partial charge on any atom is 0.338 e. The van der Waals surface area contributed by atoms with Crippen molar-refractivity contribution in [2.45, 2.75) is 25.7 Å². The highest BCUT2D eigenvalue weighted by atomic mass is 19.1. The van der Waals surface area contributed by atoms with Gasteiger partial charge in [-0.25, -0.2) is 9.18 Å². The van der Waals surface area contributed by atoms with Gasteiger partial charge in [0, 0.05) is 12.1 Å². The molecule has 21 heavy (non-hydrogen) atoms. The Bertz CT molecular complexity index is 528. The topological polar surface area (TPSA) is 78.4 Å². The van der Waals surface area contributed by atoms with Gasteiger partial charge in [0.1, 0.15) is 5.82 Å². The molecule has 2 rings (SSSR count). The number of piperidine rings is 1. The molecule has 1 amide bonds. The summed E-state index contributed by atoms with van der Waals surface area (Å²) in [5.74, 6) is -1.83. The third-order valence-corrected chi connectivity index (χ3v) is 3.66. The number of benzene rings is 1. The summed E-state index contributed by atoms with van der Waals surface area (Å²) in [6.07, 6.45) is 3.43. The average Bonchev–Trinajstić information content (AvgIpc) is 2.48. The molecule has 1 aliphatic rings. The summed E-state index contributed by atoms with van der Waals surface area (Å²) in [6.45, 7) is 1.98. The van der Waals surface area contributed by atoms with Gasteiger partial charge in [0.15, 0.2) is 0 Å². The SMILES string of the molecule is O=C(CCC1CCCNC1)Nc1ccc(F)c(C(=O)O)c1. The summed E-state index contributed by atoms with van der Waals surface area (Å²) in [7, 11) is 0. The van der Waals surface area contributed by atoms with Crippen molar-refractivity contribution >= 4 is 17.6 Å². The van der Waals surface area contributed by atoms with Crippen molar-refractivity contribution in [1.82, 2.24) is 5.32 Å². The number of hydrogen-bond acceptors (Lipinski definition) is 3. The Morgan fingerprint density at radius 1 is 1.43 bits per heavy atom. The molecule has 0 aromatic heterocycles. The summed E-state index contributed by atoms with van der Waals surface area (Å²) >= 11 is 0. The van der Waals surface area contributed by atoms with E-state index in [0.29, 0.717) is 18.0 Å². The summed E-state index contributed by atoms with van der Waals surface area (Å²) in [5.41, 5.74) is -0.134. The van der Waals surface area contributed by atoms with Gasteiger partial charge in [0.2, 0.25) is 5.91 Å². The van der Waals surface area contributed by atoms with E-state index in [1.807, 2.05) is 0 Å². The van der Waals surface area contributed by atoms with Gasteiger partial charge in [-0.1, -0.05) is 0 Å². The number of anilines is 1. The molecule has 6 heteroatoms. The Hall–Kier alpha value is -1.95. The maximum atomic E-state index is 13.2. The molecule has 0 saturated carbocycles. The molecule has 1 atom stereocenters. The van der Waals surface area contributed by atoms with Crippen molar-refractivity contribution in [2.75, 3.05) is 18.4 Å². The Morgan fingerprint density at radius 3 is 2.90 bits per heavy atom. The number of halogens is 1. The lowest BCUT2D eigenvalue weighted by molar-refractivity contribution is -0.116.